The van der Waals surface area contributed by atoms with Gasteiger partial charge in [0, 0.05) is 30.4 Å². The molecule has 0 saturated heterocycles. The van der Waals surface area contributed by atoms with Crippen LogP contribution >= 0.6 is 0 Å². The monoisotopic (exact) mass is 286 g/mol. The third kappa shape index (κ3) is 4.20. The molecule has 4 nitrogen and oxygen atoms in total. The summed E-state index contributed by atoms with van der Waals surface area (Å²) in [5, 5.41) is 3.50. The van der Waals surface area contributed by atoms with Crippen molar-refractivity contribution in [3.63, 3.8) is 0 Å². The highest BCUT2D eigenvalue weighted by Crippen LogP contribution is 2.24. The van der Waals surface area contributed by atoms with Gasteiger partial charge >= 0.3 is 0 Å². The van der Waals surface area contributed by atoms with Gasteiger partial charge in [0.05, 0.1) is 13.7 Å². The van der Waals surface area contributed by atoms with Gasteiger partial charge in [0.2, 0.25) is 5.88 Å². The highest BCUT2D eigenvalue weighted by atomic mass is 16.5. The van der Waals surface area contributed by atoms with Crippen molar-refractivity contribution in [3.8, 4) is 11.6 Å². The second kappa shape index (κ2) is 7.64. The van der Waals surface area contributed by atoms with Crippen molar-refractivity contribution in [2.24, 2.45) is 0 Å². The second-order valence-corrected chi connectivity index (χ2v) is 4.78. The van der Waals surface area contributed by atoms with E-state index in [4.69, 9.17) is 9.47 Å². The molecule has 2 aromatic rings. The van der Waals surface area contributed by atoms with E-state index in [-0.39, 0.29) is 6.04 Å². The molecule has 0 bridgehead atoms. The fourth-order valence-electron chi connectivity index (χ4n) is 2.19. The zero-order chi connectivity index (χ0) is 15.1. The van der Waals surface area contributed by atoms with Crippen molar-refractivity contribution in [2.75, 3.05) is 13.7 Å². The van der Waals surface area contributed by atoms with Crippen LogP contribution in [0.2, 0.25) is 0 Å². The smallest absolute Gasteiger partial charge is 0.213 e. The van der Waals surface area contributed by atoms with E-state index in [9.17, 15) is 0 Å². The number of pyridine rings is 1. The first-order valence-electron chi connectivity index (χ1n) is 7.18. The SMILES string of the molecule is CCOc1cc(CNC(C)c2ccccc2OC)ccn1. The lowest BCUT2D eigenvalue weighted by Crippen LogP contribution is -2.18. The number of hydrogen-bond donors (Lipinski definition) is 1. The van der Waals surface area contributed by atoms with Crippen molar-refractivity contribution in [1.29, 1.82) is 0 Å². The van der Waals surface area contributed by atoms with E-state index in [2.05, 4.69) is 23.3 Å². The predicted molar refractivity (Wildman–Crippen MR) is 83.7 cm³/mol. The van der Waals surface area contributed by atoms with Gasteiger partial charge in [-0.25, -0.2) is 4.98 Å². The third-order valence-electron chi connectivity index (χ3n) is 3.31. The van der Waals surface area contributed by atoms with Crippen LogP contribution in [0.5, 0.6) is 11.6 Å². The van der Waals surface area contributed by atoms with Crippen molar-refractivity contribution < 1.29 is 9.47 Å². The average molecular weight is 286 g/mol. The van der Waals surface area contributed by atoms with Gasteiger partial charge in [0.25, 0.3) is 0 Å². The van der Waals surface area contributed by atoms with E-state index in [1.165, 1.54) is 0 Å². The van der Waals surface area contributed by atoms with Crippen LogP contribution in [0.4, 0.5) is 0 Å². The molecule has 1 heterocycles. The van der Waals surface area contributed by atoms with E-state index in [1.54, 1.807) is 13.3 Å². The van der Waals surface area contributed by atoms with Gasteiger partial charge in [-0.3, -0.25) is 0 Å². The minimum absolute atomic E-state index is 0.199. The van der Waals surface area contributed by atoms with E-state index in [1.807, 2.05) is 37.3 Å². The number of benzene rings is 1. The van der Waals surface area contributed by atoms with Crippen LogP contribution in [-0.2, 0) is 6.54 Å². The zero-order valence-corrected chi connectivity index (χ0v) is 12.8. The quantitative estimate of drug-likeness (QED) is 0.847. The first kappa shape index (κ1) is 15.3. The summed E-state index contributed by atoms with van der Waals surface area (Å²) in [5.41, 5.74) is 2.30. The molecule has 112 valence electrons. The van der Waals surface area contributed by atoms with Gasteiger partial charge < -0.3 is 14.8 Å². The Labute approximate surface area is 126 Å². The summed E-state index contributed by atoms with van der Waals surface area (Å²) in [4.78, 5) is 4.17. The molecule has 2 rings (SSSR count). The first-order chi connectivity index (χ1) is 10.2. The molecule has 1 aromatic heterocycles. The number of nitrogens with zero attached hydrogens (tertiary/aromatic N) is 1. The molecule has 1 unspecified atom stereocenters. The topological polar surface area (TPSA) is 43.4 Å². The Morgan fingerprint density at radius 3 is 2.81 bits per heavy atom. The Morgan fingerprint density at radius 2 is 2.05 bits per heavy atom. The molecule has 0 aliphatic carbocycles. The van der Waals surface area contributed by atoms with E-state index in [0.29, 0.717) is 12.5 Å². The molecular weight excluding hydrogens is 264 g/mol. The molecular formula is C17H22N2O2. The Morgan fingerprint density at radius 1 is 1.24 bits per heavy atom. The van der Waals surface area contributed by atoms with Crippen molar-refractivity contribution in [3.05, 3.63) is 53.7 Å². The number of hydrogen-bond acceptors (Lipinski definition) is 4. The molecule has 0 aliphatic heterocycles. The predicted octanol–water partition coefficient (Wildman–Crippen LogP) is 3.34. The lowest BCUT2D eigenvalue weighted by atomic mass is 10.1. The minimum Gasteiger partial charge on any atom is -0.496 e. The lowest BCUT2D eigenvalue weighted by molar-refractivity contribution is 0.326. The molecule has 1 N–H and O–H groups in total. The fourth-order valence-corrected chi connectivity index (χ4v) is 2.19. The summed E-state index contributed by atoms with van der Waals surface area (Å²) in [7, 11) is 1.70. The summed E-state index contributed by atoms with van der Waals surface area (Å²) in [6, 6.07) is 12.2. The van der Waals surface area contributed by atoms with Crippen LogP contribution in [0.25, 0.3) is 0 Å². The van der Waals surface area contributed by atoms with Crippen LogP contribution < -0.4 is 14.8 Å². The van der Waals surface area contributed by atoms with Crippen LogP contribution in [0.1, 0.15) is 31.0 Å². The molecule has 0 fully saturated rings. The molecule has 0 spiro atoms. The second-order valence-electron chi connectivity index (χ2n) is 4.78. The van der Waals surface area contributed by atoms with Crippen molar-refractivity contribution in [2.45, 2.75) is 26.4 Å². The molecule has 1 atom stereocenters. The van der Waals surface area contributed by atoms with Gasteiger partial charge in [0.1, 0.15) is 5.75 Å². The van der Waals surface area contributed by atoms with Gasteiger partial charge in [-0.2, -0.15) is 0 Å². The van der Waals surface area contributed by atoms with Crippen molar-refractivity contribution in [1.82, 2.24) is 10.3 Å². The lowest BCUT2D eigenvalue weighted by Gasteiger charge is -2.17. The van der Waals surface area contributed by atoms with E-state index in [0.717, 1.165) is 23.4 Å². The summed E-state index contributed by atoms with van der Waals surface area (Å²) in [6.07, 6.45) is 1.77. The Balaban J connectivity index is 2.00. The zero-order valence-electron chi connectivity index (χ0n) is 12.8. The average Bonchev–Trinajstić information content (AvgIpc) is 2.53. The van der Waals surface area contributed by atoms with Crippen LogP contribution in [0.15, 0.2) is 42.6 Å². The van der Waals surface area contributed by atoms with Gasteiger partial charge in [-0.05, 0) is 31.5 Å². The number of rotatable bonds is 7. The number of aromatic nitrogens is 1. The summed E-state index contributed by atoms with van der Waals surface area (Å²) in [6.45, 7) is 5.46. The minimum atomic E-state index is 0.199. The highest BCUT2D eigenvalue weighted by molar-refractivity contribution is 5.35. The Hall–Kier alpha value is -2.07. The number of ether oxygens (including phenoxy) is 2. The fraction of sp³-hybridized carbons (Fsp3) is 0.353. The highest BCUT2D eigenvalue weighted by Gasteiger charge is 2.10. The molecule has 0 amide bonds. The van der Waals surface area contributed by atoms with E-state index < -0.39 is 0 Å². The largest absolute Gasteiger partial charge is 0.496 e. The molecule has 4 heteroatoms. The maximum atomic E-state index is 5.42. The van der Waals surface area contributed by atoms with E-state index >= 15 is 0 Å². The summed E-state index contributed by atoms with van der Waals surface area (Å²) < 4.78 is 10.8. The third-order valence-corrected chi connectivity index (χ3v) is 3.31. The summed E-state index contributed by atoms with van der Waals surface area (Å²) >= 11 is 0. The molecule has 1 aromatic carbocycles. The Bertz CT molecular complexity index is 572. The maximum absolute atomic E-state index is 5.42. The molecule has 0 aliphatic rings. The normalized spacial score (nSPS) is 12.0. The Kier molecular flexibility index (Phi) is 5.58. The maximum Gasteiger partial charge on any atom is 0.213 e. The van der Waals surface area contributed by atoms with Gasteiger partial charge in [-0.1, -0.05) is 18.2 Å². The molecule has 0 radical (unpaired) electrons. The van der Waals surface area contributed by atoms with Gasteiger partial charge in [0.15, 0.2) is 0 Å². The van der Waals surface area contributed by atoms with Crippen LogP contribution in [0.3, 0.4) is 0 Å². The van der Waals surface area contributed by atoms with Crippen molar-refractivity contribution >= 4 is 0 Å². The molecule has 0 saturated carbocycles. The standard InChI is InChI=1S/C17H22N2O2/c1-4-21-17-11-14(9-10-18-17)12-19-13(2)15-7-5-6-8-16(15)20-3/h5-11,13,19H,4,12H2,1-3H3. The summed E-state index contributed by atoms with van der Waals surface area (Å²) in [5.74, 6) is 1.57. The number of para-hydroxylation sites is 1. The van der Waals surface area contributed by atoms with Crippen LogP contribution in [0, 0.1) is 0 Å². The number of methoxy groups -OCH3 is 1. The van der Waals surface area contributed by atoms with Gasteiger partial charge in [-0.15, -0.1) is 0 Å². The number of nitrogens with one attached hydrogen (secondary N) is 1. The first-order valence-corrected chi connectivity index (χ1v) is 7.18. The molecule has 21 heavy (non-hydrogen) atoms. The van der Waals surface area contributed by atoms with Crippen LogP contribution in [-0.4, -0.2) is 18.7 Å².